The normalized spacial score (nSPS) is 11.8. The summed E-state index contributed by atoms with van der Waals surface area (Å²) >= 11 is 0. The highest BCUT2D eigenvalue weighted by Crippen LogP contribution is 2.16. The SMILES string of the molecule is Cc1ccccc1C(C)NC(=O)NCc1ccccc1F. The van der Waals surface area contributed by atoms with E-state index in [1.165, 1.54) is 6.07 Å². The highest BCUT2D eigenvalue weighted by Gasteiger charge is 2.11. The third-order valence-corrected chi connectivity index (χ3v) is 3.40. The molecule has 0 saturated heterocycles. The Morgan fingerprint density at radius 3 is 2.52 bits per heavy atom. The molecule has 3 nitrogen and oxygen atoms in total. The number of aryl methyl sites for hydroxylation is 1. The van der Waals surface area contributed by atoms with Crippen LogP contribution in [0.2, 0.25) is 0 Å². The van der Waals surface area contributed by atoms with Gasteiger partial charge in [-0.3, -0.25) is 0 Å². The highest BCUT2D eigenvalue weighted by atomic mass is 19.1. The summed E-state index contributed by atoms with van der Waals surface area (Å²) in [5, 5.41) is 5.52. The van der Waals surface area contributed by atoms with Crippen molar-refractivity contribution in [1.82, 2.24) is 10.6 Å². The summed E-state index contributed by atoms with van der Waals surface area (Å²) in [6.07, 6.45) is 0. The molecule has 0 aliphatic carbocycles. The molecule has 0 saturated carbocycles. The molecular formula is C17H19FN2O. The predicted octanol–water partition coefficient (Wildman–Crippen LogP) is 3.69. The molecule has 2 N–H and O–H groups in total. The minimum Gasteiger partial charge on any atom is -0.334 e. The quantitative estimate of drug-likeness (QED) is 0.884. The molecule has 0 aromatic heterocycles. The van der Waals surface area contributed by atoms with Gasteiger partial charge < -0.3 is 10.6 Å². The molecule has 0 bridgehead atoms. The van der Waals surface area contributed by atoms with Crippen LogP contribution in [-0.2, 0) is 6.54 Å². The first kappa shape index (κ1) is 15.0. The van der Waals surface area contributed by atoms with Crippen molar-refractivity contribution >= 4 is 6.03 Å². The summed E-state index contributed by atoms with van der Waals surface area (Å²) in [5.74, 6) is -0.315. The lowest BCUT2D eigenvalue weighted by Gasteiger charge is -2.17. The Labute approximate surface area is 124 Å². The fourth-order valence-corrected chi connectivity index (χ4v) is 2.22. The van der Waals surface area contributed by atoms with Gasteiger partial charge in [0.25, 0.3) is 0 Å². The van der Waals surface area contributed by atoms with E-state index in [2.05, 4.69) is 10.6 Å². The third kappa shape index (κ3) is 4.05. The van der Waals surface area contributed by atoms with Crippen molar-refractivity contribution in [3.8, 4) is 0 Å². The van der Waals surface area contributed by atoms with Crippen molar-refractivity contribution < 1.29 is 9.18 Å². The molecule has 2 aromatic rings. The van der Waals surface area contributed by atoms with E-state index in [0.29, 0.717) is 5.56 Å². The Balaban J connectivity index is 1.90. The summed E-state index contributed by atoms with van der Waals surface area (Å²) in [5.41, 5.74) is 2.66. The average molecular weight is 286 g/mol. The third-order valence-electron chi connectivity index (χ3n) is 3.40. The van der Waals surface area contributed by atoms with Gasteiger partial charge in [0.1, 0.15) is 5.82 Å². The van der Waals surface area contributed by atoms with Crippen LogP contribution in [-0.4, -0.2) is 6.03 Å². The van der Waals surface area contributed by atoms with E-state index in [1.54, 1.807) is 18.2 Å². The number of urea groups is 1. The maximum Gasteiger partial charge on any atom is 0.315 e. The summed E-state index contributed by atoms with van der Waals surface area (Å²) in [6, 6.07) is 13.9. The molecular weight excluding hydrogens is 267 g/mol. The second-order valence-electron chi connectivity index (χ2n) is 5.00. The predicted molar refractivity (Wildman–Crippen MR) is 81.4 cm³/mol. The van der Waals surface area contributed by atoms with Crippen LogP contribution in [0, 0.1) is 12.7 Å². The Hall–Kier alpha value is -2.36. The number of hydrogen-bond acceptors (Lipinski definition) is 1. The van der Waals surface area contributed by atoms with Crippen molar-refractivity contribution in [1.29, 1.82) is 0 Å². The van der Waals surface area contributed by atoms with Crippen LogP contribution in [0.25, 0.3) is 0 Å². The number of halogens is 1. The standard InChI is InChI=1S/C17H19FN2O/c1-12-7-3-5-9-15(12)13(2)20-17(21)19-11-14-8-4-6-10-16(14)18/h3-10,13H,11H2,1-2H3,(H2,19,20,21). The number of amides is 2. The van der Waals surface area contributed by atoms with Gasteiger partial charge in [-0.05, 0) is 31.0 Å². The van der Waals surface area contributed by atoms with Crippen molar-refractivity contribution in [3.63, 3.8) is 0 Å². The van der Waals surface area contributed by atoms with Crippen LogP contribution in [0.4, 0.5) is 9.18 Å². The van der Waals surface area contributed by atoms with Gasteiger partial charge in [0.2, 0.25) is 0 Å². The van der Waals surface area contributed by atoms with E-state index in [0.717, 1.165) is 11.1 Å². The van der Waals surface area contributed by atoms with Crippen LogP contribution in [0.15, 0.2) is 48.5 Å². The Kier molecular flexibility index (Phi) is 4.93. The number of hydrogen-bond donors (Lipinski definition) is 2. The van der Waals surface area contributed by atoms with Crippen LogP contribution in [0.5, 0.6) is 0 Å². The highest BCUT2D eigenvalue weighted by molar-refractivity contribution is 5.74. The largest absolute Gasteiger partial charge is 0.334 e. The first-order valence-electron chi connectivity index (χ1n) is 6.91. The molecule has 0 heterocycles. The molecule has 0 radical (unpaired) electrons. The van der Waals surface area contributed by atoms with E-state index in [-0.39, 0.29) is 24.4 Å². The minimum atomic E-state index is -0.315. The molecule has 2 amide bonds. The van der Waals surface area contributed by atoms with Gasteiger partial charge in [0.15, 0.2) is 0 Å². The summed E-state index contributed by atoms with van der Waals surface area (Å²) in [4.78, 5) is 11.9. The fourth-order valence-electron chi connectivity index (χ4n) is 2.22. The minimum absolute atomic E-state index is 0.105. The first-order valence-corrected chi connectivity index (χ1v) is 6.91. The van der Waals surface area contributed by atoms with Crippen molar-refractivity contribution in [3.05, 3.63) is 71.0 Å². The first-order chi connectivity index (χ1) is 10.1. The van der Waals surface area contributed by atoms with Gasteiger partial charge in [-0.2, -0.15) is 0 Å². The lowest BCUT2D eigenvalue weighted by Crippen LogP contribution is -2.37. The van der Waals surface area contributed by atoms with Gasteiger partial charge >= 0.3 is 6.03 Å². The molecule has 1 atom stereocenters. The molecule has 0 spiro atoms. The van der Waals surface area contributed by atoms with Gasteiger partial charge in [0.05, 0.1) is 6.04 Å². The molecule has 4 heteroatoms. The van der Waals surface area contributed by atoms with Gasteiger partial charge in [-0.1, -0.05) is 42.5 Å². The number of carbonyl (C=O) groups is 1. The second kappa shape index (κ2) is 6.88. The Morgan fingerprint density at radius 2 is 1.81 bits per heavy atom. The van der Waals surface area contributed by atoms with E-state index >= 15 is 0 Å². The zero-order chi connectivity index (χ0) is 15.2. The smallest absolute Gasteiger partial charge is 0.315 e. The van der Waals surface area contributed by atoms with Gasteiger partial charge in [-0.25, -0.2) is 9.18 Å². The topological polar surface area (TPSA) is 41.1 Å². The van der Waals surface area contributed by atoms with Crippen molar-refractivity contribution in [2.45, 2.75) is 26.4 Å². The monoisotopic (exact) mass is 286 g/mol. The van der Waals surface area contributed by atoms with Crippen LogP contribution in [0.1, 0.15) is 29.7 Å². The molecule has 2 rings (SSSR count). The summed E-state index contributed by atoms with van der Waals surface area (Å²) < 4.78 is 13.4. The number of benzene rings is 2. The van der Waals surface area contributed by atoms with E-state index < -0.39 is 0 Å². The maximum atomic E-state index is 13.4. The lowest BCUT2D eigenvalue weighted by molar-refractivity contribution is 0.237. The molecule has 0 aliphatic heterocycles. The van der Waals surface area contributed by atoms with Crippen LogP contribution < -0.4 is 10.6 Å². The fraction of sp³-hybridized carbons (Fsp3) is 0.235. The van der Waals surface area contributed by atoms with Crippen molar-refractivity contribution in [2.75, 3.05) is 0 Å². The number of nitrogens with one attached hydrogen (secondary N) is 2. The van der Waals surface area contributed by atoms with Gasteiger partial charge in [0, 0.05) is 12.1 Å². The van der Waals surface area contributed by atoms with Crippen molar-refractivity contribution in [2.24, 2.45) is 0 Å². The second-order valence-corrected chi connectivity index (χ2v) is 5.00. The molecule has 110 valence electrons. The molecule has 0 aliphatic rings. The number of rotatable bonds is 4. The van der Waals surface area contributed by atoms with E-state index in [4.69, 9.17) is 0 Å². The number of carbonyl (C=O) groups excluding carboxylic acids is 1. The zero-order valence-corrected chi connectivity index (χ0v) is 12.2. The van der Waals surface area contributed by atoms with E-state index in [9.17, 15) is 9.18 Å². The average Bonchev–Trinajstić information content (AvgIpc) is 2.46. The van der Waals surface area contributed by atoms with E-state index in [1.807, 2.05) is 38.1 Å². The lowest BCUT2D eigenvalue weighted by atomic mass is 10.0. The molecule has 21 heavy (non-hydrogen) atoms. The van der Waals surface area contributed by atoms with Gasteiger partial charge in [-0.15, -0.1) is 0 Å². The summed E-state index contributed by atoms with van der Waals surface area (Å²) in [6.45, 7) is 4.09. The molecule has 2 aromatic carbocycles. The van der Waals surface area contributed by atoms with Crippen LogP contribution in [0.3, 0.4) is 0 Å². The zero-order valence-electron chi connectivity index (χ0n) is 12.2. The Bertz CT molecular complexity index is 628. The molecule has 0 fully saturated rings. The van der Waals surface area contributed by atoms with Crippen LogP contribution >= 0.6 is 0 Å². The summed E-state index contributed by atoms with van der Waals surface area (Å²) in [7, 11) is 0. The molecule has 1 unspecified atom stereocenters. The Morgan fingerprint density at radius 1 is 1.14 bits per heavy atom. The maximum absolute atomic E-state index is 13.4.